The highest BCUT2D eigenvalue weighted by Gasteiger charge is 2.42. The summed E-state index contributed by atoms with van der Waals surface area (Å²) in [6.45, 7) is 0. The number of rotatable bonds is 1. The summed E-state index contributed by atoms with van der Waals surface area (Å²) in [5, 5.41) is 0.402. The van der Waals surface area contributed by atoms with Gasteiger partial charge in [0.05, 0.1) is 4.20 Å². The molecule has 2 rings (SSSR count). The fourth-order valence-corrected chi connectivity index (χ4v) is 5.41. The van der Waals surface area contributed by atoms with Crippen LogP contribution in [0, 0.1) is 0 Å². The molecular weight excluding hydrogens is 203 g/mol. The van der Waals surface area contributed by atoms with Crippen LogP contribution in [-0.2, 0) is 0 Å². The maximum absolute atomic E-state index is 5.28. The third-order valence-corrected chi connectivity index (χ3v) is 6.71. The van der Waals surface area contributed by atoms with Crippen molar-refractivity contribution in [2.45, 2.75) is 49.3 Å². The summed E-state index contributed by atoms with van der Waals surface area (Å²) in [4.78, 5) is 0. The summed E-state index contributed by atoms with van der Waals surface area (Å²) in [7, 11) is 1.09. The maximum Gasteiger partial charge on any atom is 0.0550 e. The predicted molar refractivity (Wildman–Crippen MR) is 64.1 cm³/mol. The molecule has 12 heavy (non-hydrogen) atoms. The van der Waals surface area contributed by atoms with Gasteiger partial charge in [-0.05, 0) is 31.3 Å². The van der Waals surface area contributed by atoms with Gasteiger partial charge < -0.3 is 0 Å². The van der Waals surface area contributed by atoms with E-state index >= 15 is 0 Å². The van der Waals surface area contributed by atoms with Crippen LogP contribution < -0.4 is 0 Å². The Bertz CT molecular complexity index is 205. The van der Waals surface area contributed by atoms with E-state index in [0.29, 0.717) is 5.16 Å². The van der Waals surface area contributed by atoms with E-state index in [4.69, 9.17) is 12.2 Å². The molecule has 0 saturated carbocycles. The topological polar surface area (TPSA) is 0 Å². The molecule has 0 aromatic carbocycles. The van der Waals surface area contributed by atoms with E-state index in [1.54, 1.807) is 0 Å². The number of hydrogen-bond donors (Lipinski definition) is 1. The quantitative estimate of drug-likeness (QED) is 0.400. The molecule has 2 aliphatic heterocycles. The highest BCUT2D eigenvalue weighted by molar-refractivity contribution is 8.12. The Morgan fingerprint density at radius 1 is 1.33 bits per heavy atom. The minimum absolute atomic E-state index is 0.402. The lowest BCUT2D eigenvalue weighted by atomic mass is 9.92. The van der Waals surface area contributed by atoms with Crippen LogP contribution in [0.5, 0.6) is 0 Å². The average Bonchev–Trinajstić information content (AvgIpc) is 2.27. The molecule has 3 heteroatoms. The highest BCUT2D eigenvalue weighted by atomic mass is 32.1. The Kier molecular flexibility index (Phi) is 2.79. The minimum atomic E-state index is 0.402. The Hall–Kier alpha value is 0.870. The molecule has 0 aromatic rings. The zero-order chi connectivity index (χ0) is 8.60. The molecule has 0 spiro atoms. The smallest absolute Gasteiger partial charge is 0.0550 e. The SMILES string of the molecule is S=C(S)C12CCCCC(CC1)P2. The molecule has 0 amide bonds. The van der Waals surface area contributed by atoms with Crippen molar-refractivity contribution < 1.29 is 0 Å². The molecule has 2 fully saturated rings. The summed E-state index contributed by atoms with van der Waals surface area (Å²) < 4.78 is 1.00. The fraction of sp³-hybridized carbons (Fsp3) is 0.889. The zero-order valence-corrected chi connectivity index (χ0v) is 9.89. The van der Waals surface area contributed by atoms with Gasteiger partial charge in [-0.3, -0.25) is 0 Å². The number of hydrogen-bond acceptors (Lipinski definition) is 1. The number of fused-ring (bicyclic) bond motifs is 2. The van der Waals surface area contributed by atoms with Crippen LogP contribution in [0.15, 0.2) is 0 Å². The predicted octanol–water partition coefficient (Wildman–Crippen LogP) is 3.40. The van der Waals surface area contributed by atoms with E-state index in [1.807, 2.05) is 0 Å². The lowest BCUT2D eigenvalue weighted by Gasteiger charge is -2.26. The van der Waals surface area contributed by atoms with Gasteiger partial charge in [-0.25, -0.2) is 0 Å². The number of thiocarbonyl (C=S) groups is 1. The van der Waals surface area contributed by atoms with Crippen LogP contribution in [-0.4, -0.2) is 15.0 Å². The van der Waals surface area contributed by atoms with Crippen molar-refractivity contribution in [1.82, 2.24) is 0 Å². The molecule has 2 bridgehead atoms. The van der Waals surface area contributed by atoms with Crippen molar-refractivity contribution in [1.29, 1.82) is 0 Å². The van der Waals surface area contributed by atoms with Crippen LogP contribution in [0.25, 0.3) is 0 Å². The highest BCUT2D eigenvalue weighted by Crippen LogP contribution is 2.56. The van der Waals surface area contributed by atoms with Gasteiger partial charge in [0.15, 0.2) is 0 Å². The molecule has 3 unspecified atom stereocenters. The van der Waals surface area contributed by atoms with Crippen molar-refractivity contribution >= 4 is 37.6 Å². The molecule has 2 aliphatic rings. The van der Waals surface area contributed by atoms with Gasteiger partial charge in [0.25, 0.3) is 0 Å². The van der Waals surface area contributed by atoms with Crippen LogP contribution in [0.4, 0.5) is 0 Å². The standard InChI is InChI=1S/C9H15PS2/c11-8(12)9-5-2-1-3-7(10-9)4-6-9/h7,10H,1-6H2,(H,11,12). The first-order valence-electron chi connectivity index (χ1n) is 4.74. The summed E-state index contributed by atoms with van der Waals surface area (Å²) in [6, 6.07) is 0. The molecule has 0 radical (unpaired) electrons. The van der Waals surface area contributed by atoms with Crippen molar-refractivity contribution in [2.75, 3.05) is 0 Å². The van der Waals surface area contributed by atoms with Gasteiger partial charge in [0, 0.05) is 5.16 Å². The van der Waals surface area contributed by atoms with E-state index in [0.717, 1.165) is 18.4 Å². The summed E-state index contributed by atoms with van der Waals surface area (Å²) in [5.74, 6) is 0. The van der Waals surface area contributed by atoms with Crippen molar-refractivity contribution in [2.24, 2.45) is 0 Å². The molecular formula is C9H15PS2. The Morgan fingerprint density at radius 3 is 2.92 bits per heavy atom. The first kappa shape index (κ1) is 9.43. The second-order valence-corrected chi connectivity index (χ2v) is 7.23. The second kappa shape index (κ2) is 3.55. The molecule has 68 valence electrons. The summed E-state index contributed by atoms with van der Waals surface area (Å²) in [6.07, 6.45) is 8.33. The molecule has 0 nitrogen and oxygen atoms in total. The summed E-state index contributed by atoms with van der Waals surface area (Å²) in [5.41, 5.74) is 0.998. The minimum Gasteiger partial charge on any atom is -0.135 e. The van der Waals surface area contributed by atoms with Crippen LogP contribution in [0.3, 0.4) is 0 Å². The molecule has 3 atom stereocenters. The van der Waals surface area contributed by atoms with Crippen LogP contribution in [0.1, 0.15) is 38.5 Å². The average molecular weight is 218 g/mol. The van der Waals surface area contributed by atoms with E-state index in [1.165, 1.54) is 38.5 Å². The summed E-state index contributed by atoms with van der Waals surface area (Å²) >= 11 is 9.70. The largest absolute Gasteiger partial charge is 0.135 e. The monoisotopic (exact) mass is 218 g/mol. The lowest BCUT2D eigenvalue weighted by Crippen LogP contribution is -2.25. The van der Waals surface area contributed by atoms with Gasteiger partial charge in [0.2, 0.25) is 0 Å². The van der Waals surface area contributed by atoms with E-state index < -0.39 is 0 Å². The lowest BCUT2D eigenvalue weighted by molar-refractivity contribution is 0.527. The molecule has 0 N–H and O–H groups in total. The van der Waals surface area contributed by atoms with Crippen molar-refractivity contribution in [3.05, 3.63) is 0 Å². The van der Waals surface area contributed by atoms with Gasteiger partial charge >= 0.3 is 0 Å². The van der Waals surface area contributed by atoms with E-state index in [2.05, 4.69) is 12.6 Å². The first-order chi connectivity index (χ1) is 5.73. The van der Waals surface area contributed by atoms with E-state index in [-0.39, 0.29) is 0 Å². The van der Waals surface area contributed by atoms with Crippen LogP contribution in [0.2, 0.25) is 0 Å². The maximum atomic E-state index is 5.28. The van der Waals surface area contributed by atoms with Crippen molar-refractivity contribution in [3.8, 4) is 0 Å². The first-order valence-corrected chi connectivity index (χ1v) is 6.67. The van der Waals surface area contributed by atoms with Gasteiger partial charge in [-0.1, -0.05) is 25.1 Å². The molecule has 0 aromatic heterocycles. The normalized spacial score (nSPS) is 42.9. The van der Waals surface area contributed by atoms with Gasteiger partial charge in [0.1, 0.15) is 0 Å². The van der Waals surface area contributed by atoms with E-state index in [9.17, 15) is 0 Å². The Labute approximate surface area is 87.1 Å². The molecule has 0 aliphatic carbocycles. The zero-order valence-electron chi connectivity index (χ0n) is 7.18. The number of thiol groups is 1. The fourth-order valence-electron chi connectivity index (χ4n) is 2.46. The third kappa shape index (κ3) is 1.58. The van der Waals surface area contributed by atoms with Crippen LogP contribution >= 0.6 is 33.4 Å². The molecule has 2 heterocycles. The van der Waals surface area contributed by atoms with Gasteiger partial charge in [-0.15, -0.1) is 21.2 Å². The van der Waals surface area contributed by atoms with Gasteiger partial charge in [-0.2, -0.15) is 0 Å². The Morgan fingerprint density at radius 2 is 2.17 bits per heavy atom. The second-order valence-electron chi connectivity index (χ2n) is 4.01. The Balaban J connectivity index is 2.18. The third-order valence-electron chi connectivity index (χ3n) is 3.22. The molecule has 2 saturated heterocycles. The van der Waals surface area contributed by atoms with Crippen molar-refractivity contribution in [3.63, 3.8) is 0 Å².